The number of nitrogens with one attached hydrogen (secondary N) is 1. The molecule has 1 saturated carbocycles. The van der Waals surface area contributed by atoms with Gasteiger partial charge in [-0.2, -0.15) is 0 Å². The van der Waals surface area contributed by atoms with Crippen molar-refractivity contribution in [2.75, 3.05) is 32.8 Å². The van der Waals surface area contributed by atoms with Gasteiger partial charge in [-0.05, 0) is 43.7 Å². The van der Waals surface area contributed by atoms with Crippen LogP contribution in [0.2, 0.25) is 0 Å². The van der Waals surface area contributed by atoms with Gasteiger partial charge in [0.25, 0.3) is 5.91 Å². The Hall–Kier alpha value is -1.95. The zero-order valence-corrected chi connectivity index (χ0v) is 14.4. The van der Waals surface area contributed by atoms with Crippen molar-refractivity contribution in [3.63, 3.8) is 0 Å². The first kappa shape index (κ1) is 16.5. The number of ether oxygens (including phenoxy) is 1. The van der Waals surface area contributed by atoms with Gasteiger partial charge in [-0.3, -0.25) is 14.6 Å². The second kappa shape index (κ2) is 6.75. The van der Waals surface area contributed by atoms with Crippen molar-refractivity contribution >= 4 is 11.8 Å². The zero-order valence-electron chi connectivity index (χ0n) is 14.4. The Morgan fingerprint density at radius 2 is 2.08 bits per heavy atom. The van der Waals surface area contributed by atoms with E-state index in [1.54, 1.807) is 18.3 Å². The minimum absolute atomic E-state index is 0.0797. The highest BCUT2D eigenvalue weighted by Crippen LogP contribution is 2.44. The maximum absolute atomic E-state index is 12.9. The first-order chi connectivity index (χ1) is 12.2. The van der Waals surface area contributed by atoms with Gasteiger partial charge in [-0.25, -0.2) is 0 Å². The van der Waals surface area contributed by atoms with Crippen LogP contribution in [0.25, 0.3) is 0 Å². The topological polar surface area (TPSA) is 71.5 Å². The number of hydrogen-bond acceptors (Lipinski definition) is 4. The highest BCUT2D eigenvalue weighted by Gasteiger charge is 2.52. The molecule has 25 heavy (non-hydrogen) atoms. The van der Waals surface area contributed by atoms with Gasteiger partial charge < -0.3 is 15.0 Å². The van der Waals surface area contributed by atoms with Crippen molar-refractivity contribution < 1.29 is 14.3 Å². The number of carbonyl (C=O) groups excluding carboxylic acids is 2. The van der Waals surface area contributed by atoms with Gasteiger partial charge in [-0.1, -0.05) is 6.07 Å². The summed E-state index contributed by atoms with van der Waals surface area (Å²) in [5, 5.41) is 3.12. The maximum atomic E-state index is 12.9. The summed E-state index contributed by atoms with van der Waals surface area (Å²) in [6.45, 7) is 3.20. The minimum atomic E-state index is -0.156. The Morgan fingerprint density at radius 3 is 2.76 bits per heavy atom. The summed E-state index contributed by atoms with van der Waals surface area (Å²) in [6, 6.07) is 5.36. The second-order valence-corrected chi connectivity index (χ2v) is 7.62. The lowest BCUT2D eigenvalue weighted by Crippen LogP contribution is -2.44. The van der Waals surface area contributed by atoms with Crippen LogP contribution >= 0.6 is 0 Å². The quantitative estimate of drug-likeness (QED) is 0.899. The molecule has 134 valence electrons. The first-order valence-corrected chi connectivity index (χ1v) is 9.24. The number of aromatic nitrogens is 1. The molecule has 1 aromatic rings. The molecule has 3 heterocycles. The average Bonchev–Trinajstić information content (AvgIpc) is 3.42. The molecule has 0 aromatic carbocycles. The summed E-state index contributed by atoms with van der Waals surface area (Å²) in [6.07, 6.45) is 5.73. The molecule has 3 aliphatic rings. The Kier molecular flexibility index (Phi) is 4.46. The molecule has 0 radical (unpaired) electrons. The molecule has 6 nitrogen and oxygen atoms in total. The highest BCUT2D eigenvalue weighted by atomic mass is 16.5. The first-order valence-electron chi connectivity index (χ1n) is 9.24. The molecular weight excluding hydrogens is 318 g/mol. The SMILES string of the molecule is O=C(NCC1CC1)[C@@H]1CN(C(=O)c2ccccn2)CC12CCOCC2. The molecule has 2 saturated heterocycles. The monoisotopic (exact) mass is 343 g/mol. The third-order valence-electron chi connectivity index (χ3n) is 5.89. The van der Waals surface area contributed by atoms with E-state index in [0.29, 0.717) is 37.9 Å². The van der Waals surface area contributed by atoms with Gasteiger partial charge >= 0.3 is 0 Å². The lowest BCUT2D eigenvalue weighted by Gasteiger charge is -2.37. The number of carbonyl (C=O) groups is 2. The summed E-state index contributed by atoms with van der Waals surface area (Å²) in [7, 11) is 0. The van der Waals surface area contributed by atoms with E-state index in [0.717, 1.165) is 19.4 Å². The fourth-order valence-corrected chi connectivity index (χ4v) is 4.11. The molecule has 3 fully saturated rings. The lowest BCUT2D eigenvalue weighted by atomic mass is 9.71. The van der Waals surface area contributed by atoms with E-state index < -0.39 is 0 Å². The Labute approximate surface area is 147 Å². The van der Waals surface area contributed by atoms with Gasteiger partial charge in [0, 0.05) is 44.5 Å². The molecule has 1 N–H and O–H groups in total. The molecule has 1 aliphatic carbocycles. The van der Waals surface area contributed by atoms with E-state index in [4.69, 9.17) is 4.74 Å². The molecule has 0 unspecified atom stereocenters. The van der Waals surface area contributed by atoms with Gasteiger partial charge in [0.05, 0.1) is 5.92 Å². The third kappa shape index (κ3) is 3.40. The largest absolute Gasteiger partial charge is 0.381 e. The van der Waals surface area contributed by atoms with Crippen molar-refractivity contribution in [1.29, 1.82) is 0 Å². The van der Waals surface area contributed by atoms with Crippen molar-refractivity contribution in [3.8, 4) is 0 Å². The van der Waals surface area contributed by atoms with Crippen molar-refractivity contribution in [1.82, 2.24) is 15.2 Å². The number of pyridine rings is 1. The number of hydrogen-bond donors (Lipinski definition) is 1. The predicted molar refractivity (Wildman–Crippen MR) is 91.9 cm³/mol. The zero-order chi connectivity index (χ0) is 17.3. The van der Waals surface area contributed by atoms with E-state index in [2.05, 4.69) is 10.3 Å². The molecule has 6 heteroatoms. The number of rotatable bonds is 4. The third-order valence-corrected chi connectivity index (χ3v) is 5.89. The van der Waals surface area contributed by atoms with Crippen LogP contribution in [0.5, 0.6) is 0 Å². The molecule has 1 spiro atoms. The molecule has 2 aliphatic heterocycles. The minimum Gasteiger partial charge on any atom is -0.381 e. The summed E-state index contributed by atoms with van der Waals surface area (Å²) in [5.41, 5.74) is 0.291. The fourth-order valence-electron chi connectivity index (χ4n) is 4.11. The maximum Gasteiger partial charge on any atom is 0.272 e. The molecule has 4 rings (SSSR count). The van der Waals surface area contributed by atoms with Gasteiger partial charge in [0.15, 0.2) is 0 Å². The number of likely N-dealkylation sites (tertiary alicyclic amines) is 1. The summed E-state index contributed by atoms with van der Waals surface area (Å²) >= 11 is 0. The van der Waals surface area contributed by atoms with Crippen LogP contribution in [0.4, 0.5) is 0 Å². The van der Waals surface area contributed by atoms with E-state index in [9.17, 15) is 9.59 Å². The van der Waals surface area contributed by atoms with Gasteiger partial charge in [-0.15, -0.1) is 0 Å². The second-order valence-electron chi connectivity index (χ2n) is 7.62. The van der Waals surface area contributed by atoms with E-state index in [1.165, 1.54) is 12.8 Å². The smallest absolute Gasteiger partial charge is 0.272 e. The Morgan fingerprint density at radius 1 is 1.28 bits per heavy atom. The highest BCUT2D eigenvalue weighted by molar-refractivity contribution is 5.93. The van der Waals surface area contributed by atoms with Crippen LogP contribution < -0.4 is 5.32 Å². The Balaban J connectivity index is 1.51. The van der Waals surface area contributed by atoms with Crippen LogP contribution in [0.3, 0.4) is 0 Å². The normalized spacial score (nSPS) is 25.1. The van der Waals surface area contributed by atoms with Crippen molar-refractivity contribution in [3.05, 3.63) is 30.1 Å². The van der Waals surface area contributed by atoms with Gasteiger partial charge in [0.1, 0.15) is 5.69 Å². The fraction of sp³-hybridized carbons (Fsp3) is 0.632. The molecule has 0 bridgehead atoms. The average molecular weight is 343 g/mol. The summed E-state index contributed by atoms with van der Waals surface area (Å²) in [4.78, 5) is 31.7. The number of nitrogens with zero attached hydrogens (tertiary/aromatic N) is 2. The van der Waals surface area contributed by atoms with Crippen LogP contribution in [-0.4, -0.2) is 54.5 Å². The van der Waals surface area contributed by atoms with Crippen molar-refractivity contribution in [2.24, 2.45) is 17.3 Å². The van der Waals surface area contributed by atoms with E-state index in [1.807, 2.05) is 11.0 Å². The van der Waals surface area contributed by atoms with Crippen LogP contribution in [0.1, 0.15) is 36.2 Å². The van der Waals surface area contributed by atoms with Crippen LogP contribution in [0.15, 0.2) is 24.4 Å². The summed E-state index contributed by atoms with van der Waals surface area (Å²) < 4.78 is 5.53. The van der Waals surface area contributed by atoms with Crippen LogP contribution in [-0.2, 0) is 9.53 Å². The lowest BCUT2D eigenvalue weighted by molar-refractivity contribution is -0.129. The van der Waals surface area contributed by atoms with E-state index >= 15 is 0 Å². The predicted octanol–water partition coefficient (Wildman–Crippen LogP) is 1.48. The molecule has 1 aromatic heterocycles. The summed E-state index contributed by atoms with van der Waals surface area (Å²) in [5.74, 6) is 0.527. The molecular formula is C19H25N3O3. The molecule has 1 atom stereocenters. The van der Waals surface area contributed by atoms with Crippen LogP contribution in [0, 0.1) is 17.3 Å². The van der Waals surface area contributed by atoms with Gasteiger partial charge in [0.2, 0.25) is 5.91 Å². The molecule has 2 amide bonds. The van der Waals surface area contributed by atoms with Crippen molar-refractivity contribution in [2.45, 2.75) is 25.7 Å². The van der Waals surface area contributed by atoms with E-state index in [-0.39, 0.29) is 23.1 Å². The number of amides is 2. The Bertz CT molecular complexity index is 639. The standard InChI is InChI=1S/C19H25N3O3/c23-17(21-11-14-4-5-14)15-12-22(13-19(15)6-9-25-10-7-19)18(24)16-3-1-2-8-20-16/h1-3,8,14-15H,4-7,9-13H2,(H,21,23)/t15-/m0/s1.